The zero-order chi connectivity index (χ0) is 11.8. The van der Waals surface area contributed by atoms with Crippen LogP contribution in [0.4, 0.5) is 0 Å². The third-order valence-corrected chi connectivity index (χ3v) is 3.82. The maximum absolute atomic E-state index is 6.14. The van der Waals surface area contributed by atoms with Crippen LogP contribution >= 0.6 is 23.4 Å². The normalized spacial score (nSPS) is 12.7. The van der Waals surface area contributed by atoms with Gasteiger partial charge in [-0.1, -0.05) is 36.7 Å². The van der Waals surface area contributed by atoms with Crippen molar-refractivity contribution in [2.45, 2.75) is 26.3 Å². The molecule has 16 heavy (non-hydrogen) atoms. The summed E-state index contributed by atoms with van der Waals surface area (Å²) >= 11 is 8.13. The Bertz CT molecular complexity index is 304. The summed E-state index contributed by atoms with van der Waals surface area (Å²) in [5.74, 6) is 2.44. The van der Waals surface area contributed by atoms with Gasteiger partial charge in [0.1, 0.15) is 0 Å². The summed E-state index contributed by atoms with van der Waals surface area (Å²) in [6.45, 7) is 5.41. The maximum Gasteiger partial charge on any atom is 0.0453 e. The molecule has 0 aliphatic carbocycles. The second-order valence-corrected chi connectivity index (χ2v) is 5.55. The van der Waals surface area contributed by atoms with Gasteiger partial charge in [-0.25, -0.2) is 0 Å². The Hall–Kier alpha value is -0.180. The molecule has 1 aromatic rings. The Labute approximate surface area is 108 Å². The van der Waals surface area contributed by atoms with Crippen LogP contribution in [0.5, 0.6) is 0 Å². The van der Waals surface area contributed by atoms with Crippen molar-refractivity contribution in [1.29, 1.82) is 0 Å². The number of benzene rings is 1. The van der Waals surface area contributed by atoms with E-state index in [1.54, 1.807) is 0 Å². The molecule has 90 valence electrons. The molecule has 0 radical (unpaired) electrons. The number of hydrogen-bond donors (Lipinski definition) is 1. The molecule has 0 fully saturated rings. The molecule has 0 amide bonds. The minimum atomic E-state index is 0.334. The Kier molecular flexibility index (Phi) is 6.93. The van der Waals surface area contributed by atoms with E-state index in [1.165, 1.54) is 23.5 Å². The van der Waals surface area contributed by atoms with Crippen LogP contribution in [-0.4, -0.2) is 18.1 Å². The molecule has 0 heterocycles. The number of rotatable bonds is 7. The lowest BCUT2D eigenvalue weighted by atomic mass is 10.1. The van der Waals surface area contributed by atoms with Crippen LogP contribution < -0.4 is 5.32 Å². The van der Waals surface area contributed by atoms with Gasteiger partial charge in [-0.2, -0.15) is 11.8 Å². The molecule has 0 saturated heterocycles. The van der Waals surface area contributed by atoms with Gasteiger partial charge in [0.15, 0.2) is 0 Å². The first-order valence-corrected chi connectivity index (χ1v) is 7.34. The predicted molar refractivity (Wildman–Crippen MR) is 75.5 cm³/mol. The van der Waals surface area contributed by atoms with Crippen LogP contribution in [0, 0.1) is 0 Å². The van der Waals surface area contributed by atoms with E-state index in [0.29, 0.717) is 6.04 Å². The van der Waals surface area contributed by atoms with E-state index in [2.05, 4.69) is 25.2 Å². The summed E-state index contributed by atoms with van der Waals surface area (Å²) in [5, 5.41) is 4.35. The Balaban J connectivity index is 2.30. The van der Waals surface area contributed by atoms with Gasteiger partial charge >= 0.3 is 0 Å². The molecule has 1 atom stereocenters. The molecular formula is C13H20ClNS. The second kappa shape index (κ2) is 7.99. The van der Waals surface area contributed by atoms with Crippen LogP contribution in [0.1, 0.15) is 31.9 Å². The standard InChI is InChI=1S/C13H20ClNS/c1-3-16-10-6-9-15-11(2)12-7-4-5-8-13(12)14/h4-5,7-8,11,15H,3,6,9-10H2,1-2H3. The first-order valence-electron chi connectivity index (χ1n) is 5.81. The summed E-state index contributed by atoms with van der Waals surface area (Å²) in [6, 6.07) is 8.37. The number of halogens is 1. The van der Waals surface area contributed by atoms with Gasteiger partial charge in [-0.15, -0.1) is 0 Å². The number of nitrogens with one attached hydrogen (secondary N) is 1. The van der Waals surface area contributed by atoms with E-state index in [-0.39, 0.29) is 0 Å². The highest BCUT2D eigenvalue weighted by Gasteiger charge is 2.07. The highest BCUT2D eigenvalue weighted by Crippen LogP contribution is 2.21. The Morgan fingerprint density at radius 3 is 2.81 bits per heavy atom. The third kappa shape index (κ3) is 4.77. The molecule has 0 bridgehead atoms. The highest BCUT2D eigenvalue weighted by atomic mass is 35.5. The first kappa shape index (κ1) is 13.9. The minimum absolute atomic E-state index is 0.334. The van der Waals surface area contributed by atoms with Crippen LogP contribution in [0.15, 0.2) is 24.3 Å². The molecule has 0 spiro atoms. The lowest BCUT2D eigenvalue weighted by Crippen LogP contribution is -2.20. The van der Waals surface area contributed by atoms with E-state index in [0.717, 1.165) is 11.6 Å². The fourth-order valence-electron chi connectivity index (χ4n) is 1.57. The van der Waals surface area contributed by atoms with Gasteiger partial charge in [-0.05, 0) is 43.0 Å². The zero-order valence-electron chi connectivity index (χ0n) is 10.0. The van der Waals surface area contributed by atoms with Crippen molar-refractivity contribution in [3.8, 4) is 0 Å². The molecule has 0 aliphatic heterocycles. The molecule has 0 aliphatic rings. The van der Waals surface area contributed by atoms with Crippen LogP contribution in [-0.2, 0) is 0 Å². The molecule has 0 saturated carbocycles. The van der Waals surface area contributed by atoms with Gasteiger partial charge in [0, 0.05) is 11.1 Å². The lowest BCUT2D eigenvalue weighted by molar-refractivity contribution is 0.572. The van der Waals surface area contributed by atoms with Crippen LogP contribution in [0.25, 0.3) is 0 Å². The smallest absolute Gasteiger partial charge is 0.0453 e. The quantitative estimate of drug-likeness (QED) is 0.737. The largest absolute Gasteiger partial charge is 0.310 e. The fourth-order valence-corrected chi connectivity index (χ4v) is 2.51. The van der Waals surface area contributed by atoms with Crippen molar-refractivity contribution in [2.75, 3.05) is 18.1 Å². The van der Waals surface area contributed by atoms with Crippen molar-refractivity contribution in [1.82, 2.24) is 5.32 Å². The molecule has 1 aromatic carbocycles. The first-order chi connectivity index (χ1) is 7.75. The van der Waals surface area contributed by atoms with Crippen molar-refractivity contribution in [3.05, 3.63) is 34.9 Å². The van der Waals surface area contributed by atoms with Crippen LogP contribution in [0.2, 0.25) is 5.02 Å². The Morgan fingerprint density at radius 2 is 2.12 bits per heavy atom. The summed E-state index contributed by atoms with van der Waals surface area (Å²) in [5.41, 5.74) is 1.19. The minimum Gasteiger partial charge on any atom is -0.310 e. The summed E-state index contributed by atoms with van der Waals surface area (Å²) < 4.78 is 0. The lowest BCUT2D eigenvalue weighted by Gasteiger charge is -2.15. The highest BCUT2D eigenvalue weighted by molar-refractivity contribution is 7.99. The van der Waals surface area contributed by atoms with Gasteiger partial charge in [-0.3, -0.25) is 0 Å². The van der Waals surface area contributed by atoms with Crippen molar-refractivity contribution < 1.29 is 0 Å². The van der Waals surface area contributed by atoms with E-state index >= 15 is 0 Å². The molecule has 1 N–H and O–H groups in total. The Morgan fingerprint density at radius 1 is 1.38 bits per heavy atom. The molecule has 1 rings (SSSR count). The van der Waals surface area contributed by atoms with E-state index < -0.39 is 0 Å². The maximum atomic E-state index is 6.14. The van der Waals surface area contributed by atoms with E-state index in [1.807, 2.05) is 30.0 Å². The van der Waals surface area contributed by atoms with Crippen molar-refractivity contribution in [2.24, 2.45) is 0 Å². The average Bonchev–Trinajstić information content (AvgIpc) is 2.29. The monoisotopic (exact) mass is 257 g/mol. The van der Waals surface area contributed by atoms with Gasteiger partial charge < -0.3 is 5.32 Å². The van der Waals surface area contributed by atoms with Crippen LogP contribution in [0.3, 0.4) is 0 Å². The van der Waals surface area contributed by atoms with Gasteiger partial charge in [0.25, 0.3) is 0 Å². The zero-order valence-corrected chi connectivity index (χ0v) is 11.6. The SMILES string of the molecule is CCSCCCNC(C)c1ccccc1Cl. The molecule has 3 heteroatoms. The summed E-state index contributed by atoms with van der Waals surface area (Å²) in [7, 11) is 0. The number of hydrogen-bond acceptors (Lipinski definition) is 2. The number of thioether (sulfide) groups is 1. The fraction of sp³-hybridized carbons (Fsp3) is 0.538. The topological polar surface area (TPSA) is 12.0 Å². The molecule has 0 aromatic heterocycles. The third-order valence-electron chi connectivity index (χ3n) is 2.49. The summed E-state index contributed by atoms with van der Waals surface area (Å²) in [4.78, 5) is 0. The second-order valence-electron chi connectivity index (χ2n) is 3.75. The van der Waals surface area contributed by atoms with Gasteiger partial charge in [0.2, 0.25) is 0 Å². The van der Waals surface area contributed by atoms with Gasteiger partial charge in [0.05, 0.1) is 0 Å². The predicted octanol–water partition coefficient (Wildman–Crippen LogP) is 4.13. The van der Waals surface area contributed by atoms with Crippen molar-refractivity contribution in [3.63, 3.8) is 0 Å². The molecule has 1 unspecified atom stereocenters. The van der Waals surface area contributed by atoms with E-state index in [4.69, 9.17) is 11.6 Å². The molecular weight excluding hydrogens is 238 g/mol. The average molecular weight is 258 g/mol. The van der Waals surface area contributed by atoms with Crippen molar-refractivity contribution >= 4 is 23.4 Å². The van der Waals surface area contributed by atoms with E-state index in [9.17, 15) is 0 Å². The molecule has 1 nitrogen and oxygen atoms in total. The summed E-state index contributed by atoms with van der Waals surface area (Å²) in [6.07, 6.45) is 1.22.